The molecule has 8 nitrogen and oxygen atoms in total. The van der Waals surface area contributed by atoms with Crippen molar-refractivity contribution < 1.29 is 18.3 Å². The first-order chi connectivity index (χ1) is 18.3. The molecule has 0 spiro atoms. The van der Waals surface area contributed by atoms with E-state index in [2.05, 4.69) is 9.97 Å². The van der Waals surface area contributed by atoms with Crippen LogP contribution >= 0.6 is 0 Å². The second-order valence-electron chi connectivity index (χ2n) is 9.06. The fourth-order valence-corrected chi connectivity index (χ4v) is 5.79. The Hall–Kier alpha value is -3.82. The summed E-state index contributed by atoms with van der Waals surface area (Å²) in [6, 6.07) is 18.6. The number of rotatable bonds is 10. The summed E-state index contributed by atoms with van der Waals surface area (Å²) in [5, 5.41) is 11.4. The number of hydrogen-bond acceptors (Lipinski definition) is 7. The molecule has 198 valence electrons. The minimum absolute atomic E-state index is 0.114. The number of aryl methyl sites for hydroxylation is 2. The number of aromatic hydroxyl groups is 1. The van der Waals surface area contributed by atoms with Gasteiger partial charge in [-0.3, -0.25) is 14.3 Å². The number of nitrogens with zero attached hydrogens (tertiary/aromatic N) is 3. The van der Waals surface area contributed by atoms with Gasteiger partial charge in [-0.1, -0.05) is 55.8 Å². The Kier molecular flexibility index (Phi) is 8.38. The maximum Gasteiger partial charge on any atom is 0.296 e. The van der Waals surface area contributed by atoms with Crippen molar-refractivity contribution in [3.63, 3.8) is 0 Å². The van der Waals surface area contributed by atoms with Crippen molar-refractivity contribution in [3.05, 3.63) is 100 Å². The monoisotopic (exact) mass is 533 g/mol. The molecule has 38 heavy (non-hydrogen) atoms. The third-order valence-corrected chi connectivity index (χ3v) is 8.16. The highest BCUT2D eigenvalue weighted by atomic mass is 32.2. The highest BCUT2D eigenvalue weighted by molar-refractivity contribution is 7.91. The summed E-state index contributed by atoms with van der Waals surface area (Å²) in [5.74, 6) is -0.335. The van der Waals surface area contributed by atoms with Gasteiger partial charge in [0.15, 0.2) is 4.90 Å². The van der Waals surface area contributed by atoms with E-state index in [-0.39, 0.29) is 11.5 Å². The van der Waals surface area contributed by atoms with E-state index in [1.807, 2.05) is 56.3 Å². The van der Waals surface area contributed by atoms with E-state index >= 15 is 0 Å². The number of unbranched alkanes of at least 4 members (excludes halogenated alkanes) is 1. The third kappa shape index (κ3) is 5.54. The number of sulfone groups is 1. The van der Waals surface area contributed by atoms with E-state index in [0.717, 1.165) is 28.8 Å². The second kappa shape index (κ2) is 11.7. The lowest BCUT2D eigenvalue weighted by Gasteiger charge is -2.25. The number of aromatic nitrogens is 3. The molecule has 2 heterocycles. The molecule has 0 saturated heterocycles. The van der Waals surface area contributed by atoms with E-state index in [4.69, 9.17) is 4.74 Å². The number of benzene rings is 2. The molecule has 0 radical (unpaired) electrons. The molecule has 2 aromatic carbocycles. The zero-order chi connectivity index (χ0) is 27.3. The molecule has 1 atom stereocenters. The van der Waals surface area contributed by atoms with Gasteiger partial charge in [0.05, 0.1) is 17.5 Å². The van der Waals surface area contributed by atoms with E-state index < -0.39 is 32.2 Å². The van der Waals surface area contributed by atoms with Crippen molar-refractivity contribution >= 4 is 9.84 Å². The van der Waals surface area contributed by atoms with Gasteiger partial charge in [-0.25, -0.2) is 8.42 Å². The number of pyridine rings is 1. The average molecular weight is 534 g/mol. The number of ether oxygens (including phenoxy) is 1. The van der Waals surface area contributed by atoms with Crippen LogP contribution in [0.1, 0.15) is 42.9 Å². The molecule has 0 aliphatic heterocycles. The summed E-state index contributed by atoms with van der Waals surface area (Å²) in [4.78, 5) is 20.6. The molecule has 0 fully saturated rings. The SMILES string of the molecule is CCCCc1nc(=O)c(S(=O)(=O)c2ccc(-c3ccnc(C)c3)cc2)c(O)n1C(COC)c1ccccc1. The Morgan fingerprint density at radius 1 is 1.03 bits per heavy atom. The normalized spacial score (nSPS) is 12.4. The van der Waals surface area contributed by atoms with Gasteiger partial charge < -0.3 is 9.84 Å². The van der Waals surface area contributed by atoms with E-state index in [1.54, 1.807) is 18.3 Å². The minimum Gasteiger partial charge on any atom is -0.493 e. The van der Waals surface area contributed by atoms with Gasteiger partial charge in [0, 0.05) is 25.4 Å². The maximum atomic E-state index is 13.7. The van der Waals surface area contributed by atoms with Gasteiger partial charge in [0.1, 0.15) is 5.82 Å². The lowest BCUT2D eigenvalue weighted by atomic mass is 10.1. The molecule has 0 amide bonds. The van der Waals surface area contributed by atoms with Crippen molar-refractivity contribution in [2.24, 2.45) is 0 Å². The largest absolute Gasteiger partial charge is 0.493 e. The molecule has 0 saturated carbocycles. The Morgan fingerprint density at radius 2 is 1.74 bits per heavy atom. The van der Waals surface area contributed by atoms with Crippen molar-refractivity contribution in [1.29, 1.82) is 0 Å². The summed E-state index contributed by atoms with van der Waals surface area (Å²) >= 11 is 0. The number of methoxy groups -OCH3 is 1. The molecular weight excluding hydrogens is 502 g/mol. The van der Waals surface area contributed by atoms with Crippen LogP contribution in [0.25, 0.3) is 11.1 Å². The molecule has 0 aliphatic rings. The smallest absolute Gasteiger partial charge is 0.296 e. The van der Waals surface area contributed by atoms with Gasteiger partial charge in [-0.2, -0.15) is 4.98 Å². The summed E-state index contributed by atoms with van der Waals surface area (Å²) in [6.45, 7) is 4.02. The summed E-state index contributed by atoms with van der Waals surface area (Å²) in [6.07, 6.45) is 3.63. The fraction of sp³-hybridized carbons (Fsp3) is 0.276. The van der Waals surface area contributed by atoms with Gasteiger partial charge >= 0.3 is 0 Å². The Morgan fingerprint density at radius 3 is 2.37 bits per heavy atom. The van der Waals surface area contributed by atoms with Crippen LogP contribution in [0, 0.1) is 6.92 Å². The Balaban J connectivity index is 1.86. The van der Waals surface area contributed by atoms with Crippen LogP contribution in [0.15, 0.2) is 87.5 Å². The van der Waals surface area contributed by atoms with Crippen LogP contribution in [-0.4, -0.2) is 41.8 Å². The van der Waals surface area contributed by atoms with Gasteiger partial charge in [-0.05, 0) is 54.3 Å². The molecule has 4 aromatic rings. The molecule has 9 heteroatoms. The van der Waals surface area contributed by atoms with Crippen molar-refractivity contribution in [2.45, 2.75) is 48.9 Å². The van der Waals surface area contributed by atoms with Crippen molar-refractivity contribution in [3.8, 4) is 17.0 Å². The van der Waals surface area contributed by atoms with Crippen molar-refractivity contribution in [1.82, 2.24) is 14.5 Å². The first kappa shape index (κ1) is 27.2. The third-order valence-electron chi connectivity index (χ3n) is 6.37. The van der Waals surface area contributed by atoms with E-state index in [9.17, 15) is 18.3 Å². The van der Waals surface area contributed by atoms with Gasteiger partial charge in [-0.15, -0.1) is 0 Å². The molecule has 4 rings (SSSR count). The molecule has 1 unspecified atom stereocenters. The molecule has 1 N–H and O–H groups in total. The summed E-state index contributed by atoms with van der Waals surface area (Å²) in [7, 11) is -2.87. The van der Waals surface area contributed by atoms with E-state index in [0.29, 0.717) is 18.7 Å². The first-order valence-corrected chi connectivity index (χ1v) is 13.9. The van der Waals surface area contributed by atoms with Crippen LogP contribution in [0.3, 0.4) is 0 Å². The van der Waals surface area contributed by atoms with Crippen LogP contribution < -0.4 is 5.56 Å². The van der Waals surface area contributed by atoms with Crippen LogP contribution in [-0.2, 0) is 21.0 Å². The highest BCUT2D eigenvalue weighted by Crippen LogP contribution is 2.33. The van der Waals surface area contributed by atoms with Crippen LogP contribution in [0.2, 0.25) is 0 Å². The topological polar surface area (TPSA) is 111 Å². The predicted octanol–water partition coefficient (Wildman–Crippen LogP) is 4.73. The zero-order valence-electron chi connectivity index (χ0n) is 21.7. The first-order valence-electron chi connectivity index (χ1n) is 12.4. The minimum atomic E-state index is -4.40. The van der Waals surface area contributed by atoms with Crippen LogP contribution in [0.4, 0.5) is 0 Å². The Bertz CT molecular complexity index is 1570. The standard InChI is InChI=1S/C29H31N3O5S/c1-4-5-11-26-31-28(33)27(29(34)32(26)25(19-37-3)22-9-7-6-8-10-22)38(35,36)24-14-12-21(13-15-24)23-16-17-30-20(2)18-23/h6-10,12-18,25,34H,4-5,11,19H2,1-3H3. The lowest BCUT2D eigenvalue weighted by Crippen LogP contribution is -2.29. The fourth-order valence-electron chi connectivity index (χ4n) is 4.45. The number of hydrogen-bond donors (Lipinski definition) is 1. The summed E-state index contributed by atoms with van der Waals surface area (Å²) < 4.78 is 34.3. The molecule has 0 aliphatic carbocycles. The second-order valence-corrected chi connectivity index (χ2v) is 10.9. The zero-order valence-corrected chi connectivity index (χ0v) is 22.5. The van der Waals surface area contributed by atoms with Crippen LogP contribution in [0.5, 0.6) is 5.88 Å². The maximum absolute atomic E-state index is 13.7. The lowest BCUT2D eigenvalue weighted by molar-refractivity contribution is 0.161. The average Bonchev–Trinajstić information content (AvgIpc) is 2.91. The highest BCUT2D eigenvalue weighted by Gasteiger charge is 2.32. The predicted molar refractivity (Wildman–Crippen MR) is 145 cm³/mol. The van der Waals surface area contributed by atoms with E-state index in [1.165, 1.54) is 23.8 Å². The van der Waals surface area contributed by atoms with Crippen molar-refractivity contribution in [2.75, 3.05) is 13.7 Å². The summed E-state index contributed by atoms with van der Waals surface area (Å²) in [5.41, 5.74) is 2.33. The quantitative estimate of drug-likeness (QED) is 0.314. The molecule has 2 aromatic heterocycles. The van der Waals surface area contributed by atoms with Gasteiger partial charge in [0.2, 0.25) is 15.7 Å². The molecular formula is C29H31N3O5S. The Labute approximate surface area is 222 Å². The molecule has 0 bridgehead atoms. The van der Waals surface area contributed by atoms with Gasteiger partial charge in [0.25, 0.3) is 5.56 Å².